The highest BCUT2D eigenvalue weighted by molar-refractivity contribution is 9.13. The highest BCUT2D eigenvalue weighted by Crippen LogP contribution is 2.32. The zero-order valence-electron chi connectivity index (χ0n) is 8.65. The fourth-order valence-electron chi connectivity index (χ4n) is 1.06. The van der Waals surface area contributed by atoms with Gasteiger partial charge in [-0.25, -0.2) is 4.79 Å². The first kappa shape index (κ1) is 15.1. The number of hydrogen-bond donors (Lipinski definition) is 3. The van der Waals surface area contributed by atoms with Gasteiger partial charge in [-0.15, -0.1) is 11.3 Å². The highest BCUT2D eigenvalue weighted by Gasteiger charge is 2.24. The molecule has 1 aromatic rings. The predicted molar refractivity (Wildman–Crippen MR) is 70.9 cm³/mol. The number of carboxylic acid groups (broad SMARTS) is 2. The Bertz CT molecular complexity index is 482. The average molecular weight is 401 g/mol. The maximum atomic E-state index is 11.7. The molecule has 18 heavy (non-hydrogen) atoms. The molecule has 0 aliphatic heterocycles. The first-order chi connectivity index (χ1) is 8.31. The van der Waals surface area contributed by atoms with Crippen LogP contribution >= 0.6 is 43.2 Å². The van der Waals surface area contributed by atoms with Gasteiger partial charge in [-0.3, -0.25) is 9.59 Å². The minimum absolute atomic E-state index is 0.283. The van der Waals surface area contributed by atoms with Crippen LogP contribution in [-0.2, 0) is 9.59 Å². The molecule has 98 valence electrons. The second-order valence-corrected chi connectivity index (χ2v) is 6.42. The molecule has 1 heterocycles. The molecule has 1 amide bonds. The Kier molecular flexibility index (Phi) is 5.29. The molecule has 0 bridgehead atoms. The largest absolute Gasteiger partial charge is 0.481 e. The van der Waals surface area contributed by atoms with Crippen LogP contribution in [-0.4, -0.2) is 34.1 Å². The van der Waals surface area contributed by atoms with Gasteiger partial charge in [0.2, 0.25) is 0 Å². The first-order valence-electron chi connectivity index (χ1n) is 4.51. The van der Waals surface area contributed by atoms with Crippen molar-refractivity contribution in [2.75, 3.05) is 0 Å². The van der Waals surface area contributed by atoms with Crippen LogP contribution in [0.5, 0.6) is 0 Å². The van der Waals surface area contributed by atoms with Crippen molar-refractivity contribution in [3.05, 3.63) is 19.2 Å². The van der Waals surface area contributed by atoms with Crippen molar-refractivity contribution in [2.24, 2.45) is 0 Å². The van der Waals surface area contributed by atoms with E-state index in [0.29, 0.717) is 8.26 Å². The van der Waals surface area contributed by atoms with E-state index in [1.807, 2.05) is 0 Å². The number of halogens is 2. The average Bonchev–Trinajstić information content (AvgIpc) is 2.57. The van der Waals surface area contributed by atoms with E-state index in [0.717, 1.165) is 11.3 Å². The van der Waals surface area contributed by atoms with Crippen molar-refractivity contribution in [3.63, 3.8) is 0 Å². The van der Waals surface area contributed by atoms with Gasteiger partial charge in [0.05, 0.1) is 15.1 Å². The topological polar surface area (TPSA) is 104 Å². The van der Waals surface area contributed by atoms with Crippen LogP contribution in [0.2, 0.25) is 0 Å². The Morgan fingerprint density at radius 1 is 1.33 bits per heavy atom. The van der Waals surface area contributed by atoms with Gasteiger partial charge in [0.25, 0.3) is 5.91 Å². The SMILES string of the molecule is O=C(O)C[C@H](NC(=O)c1cc(Br)c(Br)s1)C(=O)O. The molecule has 3 N–H and O–H groups in total. The number of aliphatic carboxylic acids is 2. The van der Waals surface area contributed by atoms with Gasteiger partial charge in [-0.05, 0) is 37.9 Å². The van der Waals surface area contributed by atoms with E-state index in [-0.39, 0.29) is 4.88 Å². The van der Waals surface area contributed by atoms with E-state index in [1.165, 1.54) is 6.07 Å². The molecule has 0 saturated heterocycles. The molecule has 0 unspecified atom stereocenters. The Labute approximate surface area is 122 Å². The van der Waals surface area contributed by atoms with E-state index in [9.17, 15) is 14.4 Å². The number of carboxylic acids is 2. The van der Waals surface area contributed by atoms with Crippen molar-refractivity contribution >= 4 is 61.0 Å². The third-order valence-corrected chi connectivity index (χ3v) is 5.11. The summed E-state index contributed by atoms with van der Waals surface area (Å²) in [6, 6.07) is 0.0682. The van der Waals surface area contributed by atoms with E-state index in [1.54, 1.807) is 0 Å². The van der Waals surface area contributed by atoms with E-state index >= 15 is 0 Å². The lowest BCUT2D eigenvalue weighted by Gasteiger charge is -2.11. The van der Waals surface area contributed by atoms with Crippen molar-refractivity contribution in [3.8, 4) is 0 Å². The maximum Gasteiger partial charge on any atom is 0.326 e. The summed E-state index contributed by atoms with van der Waals surface area (Å²) in [7, 11) is 0. The quantitative estimate of drug-likeness (QED) is 0.700. The Morgan fingerprint density at radius 2 is 1.94 bits per heavy atom. The molecule has 6 nitrogen and oxygen atoms in total. The number of carbonyl (C=O) groups is 3. The molecule has 1 aromatic heterocycles. The minimum atomic E-state index is -1.45. The zero-order chi connectivity index (χ0) is 13.9. The molecule has 0 radical (unpaired) electrons. The maximum absolute atomic E-state index is 11.7. The number of nitrogens with one attached hydrogen (secondary N) is 1. The van der Waals surface area contributed by atoms with E-state index in [4.69, 9.17) is 10.2 Å². The third-order valence-electron chi connectivity index (χ3n) is 1.85. The summed E-state index contributed by atoms with van der Waals surface area (Å²) in [6.07, 6.45) is -0.672. The molecule has 0 saturated carbocycles. The fourth-order valence-corrected chi connectivity index (χ4v) is 3.00. The molecule has 0 aliphatic carbocycles. The summed E-state index contributed by atoms with van der Waals surface area (Å²) in [6.45, 7) is 0. The Balaban J connectivity index is 2.78. The number of hydrogen-bond acceptors (Lipinski definition) is 4. The van der Waals surface area contributed by atoms with Gasteiger partial charge >= 0.3 is 11.9 Å². The number of amides is 1. The molecular formula is C9H7Br2NO5S. The van der Waals surface area contributed by atoms with E-state index in [2.05, 4.69) is 37.2 Å². The standard InChI is InChI=1S/C9H7Br2NO5S/c10-3-1-5(18-7(3)11)8(15)12-4(9(16)17)2-6(13)14/h1,4H,2H2,(H,12,15)(H,13,14)(H,16,17)/t4-/m0/s1. The summed E-state index contributed by atoms with van der Waals surface area (Å²) < 4.78 is 1.36. The van der Waals surface area contributed by atoms with Gasteiger partial charge in [-0.2, -0.15) is 0 Å². The van der Waals surface area contributed by atoms with Crippen molar-refractivity contribution < 1.29 is 24.6 Å². The normalized spacial score (nSPS) is 11.9. The lowest BCUT2D eigenvalue weighted by atomic mass is 10.2. The molecule has 0 spiro atoms. The molecule has 9 heteroatoms. The van der Waals surface area contributed by atoms with Crippen LogP contribution in [0.4, 0.5) is 0 Å². The molecule has 0 aliphatic rings. The summed E-state index contributed by atoms with van der Waals surface area (Å²) in [5.74, 6) is -3.31. The monoisotopic (exact) mass is 399 g/mol. The van der Waals surface area contributed by atoms with Crippen molar-refractivity contribution in [1.29, 1.82) is 0 Å². The van der Waals surface area contributed by atoms with Gasteiger partial charge in [0.15, 0.2) is 0 Å². The van der Waals surface area contributed by atoms with Crippen LogP contribution in [0, 0.1) is 0 Å². The third kappa shape index (κ3) is 4.07. The molecular weight excluding hydrogens is 394 g/mol. The zero-order valence-corrected chi connectivity index (χ0v) is 12.6. The van der Waals surface area contributed by atoms with Crippen LogP contribution in [0.15, 0.2) is 14.3 Å². The predicted octanol–water partition coefficient (Wildman–Crippen LogP) is 1.93. The van der Waals surface area contributed by atoms with Gasteiger partial charge < -0.3 is 15.5 Å². The Hall–Kier alpha value is -0.930. The molecule has 1 rings (SSSR count). The number of thiophene rings is 1. The van der Waals surface area contributed by atoms with Gasteiger partial charge in [0.1, 0.15) is 6.04 Å². The minimum Gasteiger partial charge on any atom is -0.481 e. The van der Waals surface area contributed by atoms with E-state index < -0.39 is 30.3 Å². The second kappa shape index (κ2) is 6.30. The van der Waals surface area contributed by atoms with Crippen molar-refractivity contribution in [2.45, 2.75) is 12.5 Å². The van der Waals surface area contributed by atoms with Crippen LogP contribution < -0.4 is 5.32 Å². The van der Waals surface area contributed by atoms with Crippen LogP contribution in [0.25, 0.3) is 0 Å². The number of rotatable bonds is 5. The first-order valence-corrected chi connectivity index (χ1v) is 6.91. The molecule has 0 aromatic carbocycles. The van der Waals surface area contributed by atoms with Crippen LogP contribution in [0.3, 0.4) is 0 Å². The van der Waals surface area contributed by atoms with Crippen LogP contribution in [0.1, 0.15) is 16.1 Å². The lowest BCUT2D eigenvalue weighted by molar-refractivity contribution is -0.145. The Morgan fingerprint density at radius 3 is 2.33 bits per heavy atom. The molecule has 0 fully saturated rings. The summed E-state index contributed by atoms with van der Waals surface area (Å²) in [4.78, 5) is 33.2. The fraction of sp³-hybridized carbons (Fsp3) is 0.222. The smallest absolute Gasteiger partial charge is 0.326 e. The summed E-state index contributed by atoms with van der Waals surface area (Å²) in [5.41, 5.74) is 0. The summed E-state index contributed by atoms with van der Waals surface area (Å²) >= 11 is 7.51. The van der Waals surface area contributed by atoms with Gasteiger partial charge in [0, 0.05) is 4.47 Å². The number of carbonyl (C=O) groups excluding carboxylic acids is 1. The lowest BCUT2D eigenvalue weighted by Crippen LogP contribution is -2.41. The second-order valence-electron chi connectivity index (χ2n) is 3.19. The molecule has 1 atom stereocenters. The van der Waals surface area contributed by atoms with Gasteiger partial charge in [-0.1, -0.05) is 0 Å². The van der Waals surface area contributed by atoms with Crippen molar-refractivity contribution in [1.82, 2.24) is 5.32 Å². The summed E-state index contributed by atoms with van der Waals surface area (Å²) in [5, 5.41) is 19.5. The highest BCUT2D eigenvalue weighted by atomic mass is 79.9.